The van der Waals surface area contributed by atoms with Crippen molar-refractivity contribution in [3.05, 3.63) is 28.5 Å². The summed E-state index contributed by atoms with van der Waals surface area (Å²) in [5.74, 6) is -0.226. The zero-order valence-electron chi connectivity index (χ0n) is 9.16. The Bertz CT molecular complexity index is 410. The summed E-state index contributed by atoms with van der Waals surface area (Å²) in [4.78, 5) is 16.0. The maximum absolute atomic E-state index is 10.8. The first-order valence-corrected chi connectivity index (χ1v) is 6.15. The summed E-state index contributed by atoms with van der Waals surface area (Å²) in [5, 5.41) is 4.50. The maximum atomic E-state index is 10.8. The Balaban J connectivity index is 2.89. The van der Waals surface area contributed by atoms with Gasteiger partial charge in [0.1, 0.15) is 0 Å². The van der Waals surface area contributed by atoms with E-state index in [0.717, 1.165) is 17.0 Å². The van der Waals surface area contributed by atoms with Gasteiger partial charge >= 0.3 is 0 Å². The number of rotatable bonds is 3. The number of amidine groups is 1. The fourth-order valence-corrected chi connectivity index (χ4v) is 2.03. The Morgan fingerprint density at radius 2 is 2.44 bits per heavy atom. The van der Waals surface area contributed by atoms with Crippen molar-refractivity contribution in [2.24, 2.45) is 4.99 Å². The topological polar surface area (TPSA) is 41.5 Å². The van der Waals surface area contributed by atoms with Gasteiger partial charge < -0.3 is 5.32 Å². The lowest BCUT2D eigenvalue weighted by Gasteiger charge is -2.01. The van der Waals surface area contributed by atoms with E-state index in [4.69, 9.17) is 11.6 Å². The van der Waals surface area contributed by atoms with Crippen LogP contribution in [0.2, 0.25) is 0 Å². The minimum Gasteiger partial charge on any atom is -0.301 e. The van der Waals surface area contributed by atoms with Gasteiger partial charge in [0.15, 0.2) is 0 Å². The zero-order chi connectivity index (χ0) is 12.0. The van der Waals surface area contributed by atoms with E-state index in [-0.39, 0.29) is 11.2 Å². The number of nitrogens with zero attached hydrogens (tertiary/aromatic N) is 1. The number of allylic oxidation sites excluding steroid dienone is 1. The number of carbonyl (C=O) groups is 1. The Morgan fingerprint density at radius 1 is 1.69 bits per heavy atom. The molecule has 0 aliphatic heterocycles. The molecule has 0 spiro atoms. The summed E-state index contributed by atoms with van der Waals surface area (Å²) < 4.78 is 0. The van der Waals surface area contributed by atoms with Gasteiger partial charge in [0.2, 0.25) is 11.2 Å². The van der Waals surface area contributed by atoms with Crippen LogP contribution in [0.4, 0.5) is 0 Å². The lowest BCUT2D eigenvalue weighted by molar-refractivity contribution is -0.117. The fourth-order valence-electron chi connectivity index (χ4n) is 1.10. The summed E-state index contributed by atoms with van der Waals surface area (Å²) in [6.07, 6.45) is 2.83. The summed E-state index contributed by atoms with van der Waals surface area (Å²) in [6.45, 7) is 3.42. The van der Waals surface area contributed by atoms with Crippen LogP contribution in [0.3, 0.4) is 0 Å². The summed E-state index contributed by atoms with van der Waals surface area (Å²) in [6, 6.07) is 3.92. The maximum Gasteiger partial charge on any atom is 0.223 e. The van der Waals surface area contributed by atoms with Crippen LogP contribution < -0.4 is 5.32 Å². The minimum atomic E-state index is -0.226. The van der Waals surface area contributed by atoms with Gasteiger partial charge in [-0.1, -0.05) is 19.1 Å². The highest BCUT2D eigenvalue weighted by Crippen LogP contribution is 2.22. The zero-order valence-corrected chi connectivity index (χ0v) is 10.7. The molecule has 0 atom stereocenters. The molecule has 0 saturated carbocycles. The molecule has 0 aliphatic rings. The first-order valence-electron chi connectivity index (χ1n) is 4.89. The summed E-state index contributed by atoms with van der Waals surface area (Å²) >= 11 is 7.39. The van der Waals surface area contributed by atoms with E-state index in [1.165, 1.54) is 6.92 Å². The Hall–Kier alpha value is -1.13. The minimum absolute atomic E-state index is 0.0978. The van der Waals surface area contributed by atoms with Gasteiger partial charge in [-0.15, -0.1) is 11.3 Å². The smallest absolute Gasteiger partial charge is 0.223 e. The average molecular weight is 257 g/mol. The van der Waals surface area contributed by atoms with Crippen LogP contribution in [0, 0.1) is 0 Å². The van der Waals surface area contributed by atoms with Crippen LogP contribution in [0.25, 0.3) is 5.70 Å². The van der Waals surface area contributed by atoms with Gasteiger partial charge in [-0.25, -0.2) is 4.99 Å². The van der Waals surface area contributed by atoms with E-state index in [9.17, 15) is 4.79 Å². The standard InChI is InChI=1S/C11H13ClN2OS/c1-3-5-9(10-6-4-7-16-10)14-11(12)13-8(2)15/h4-7H,3H2,1-2H3,(H,13,14,15)/b9-5+. The number of halogens is 1. The summed E-state index contributed by atoms with van der Waals surface area (Å²) in [7, 11) is 0. The van der Waals surface area contributed by atoms with Crippen molar-refractivity contribution >= 4 is 39.8 Å². The van der Waals surface area contributed by atoms with Crippen molar-refractivity contribution in [1.82, 2.24) is 5.32 Å². The number of nitrogens with one attached hydrogen (secondary N) is 1. The monoisotopic (exact) mass is 256 g/mol. The van der Waals surface area contributed by atoms with Crippen molar-refractivity contribution in [1.29, 1.82) is 0 Å². The second-order valence-electron chi connectivity index (χ2n) is 3.06. The predicted octanol–water partition coefficient (Wildman–Crippen LogP) is 3.23. The molecule has 0 unspecified atom stereocenters. The number of thiophene rings is 1. The molecule has 3 nitrogen and oxygen atoms in total. The van der Waals surface area contributed by atoms with E-state index in [1.807, 2.05) is 30.5 Å². The normalized spacial score (nSPS) is 12.7. The number of carbonyl (C=O) groups excluding carboxylic acids is 1. The van der Waals surface area contributed by atoms with Crippen LogP contribution in [0.1, 0.15) is 25.1 Å². The molecule has 5 heteroatoms. The van der Waals surface area contributed by atoms with Crippen LogP contribution >= 0.6 is 22.9 Å². The van der Waals surface area contributed by atoms with Gasteiger partial charge in [-0.05, 0) is 29.5 Å². The third-order valence-corrected chi connectivity index (χ3v) is 2.74. The summed E-state index contributed by atoms with van der Waals surface area (Å²) in [5.41, 5.74) is 0.788. The number of amides is 1. The lowest BCUT2D eigenvalue weighted by atomic mass is 10.3. The molecule has 1 N–H and O–H groups in total. The van der Waals surface area contributed by atoms with E-state index < -0.39 is 0 Å². The number of hydrogen-bond acceptors (Lipinski definition) is 3. The fraction of sp³-hybridized carbons (Fsp3) is 0.273. The number of aliphatic imine (C=N–C) groups is 1. The lowest BCUT2D eigenvalue weighted by Crippen LogP contribution is -2.23. The van der Waals surface area contributed by atoms with Crippen molar-refractivity contribution < 1.29 is 4.79 Å². The molecule has 1 heterocycles. The van der Waals surface area contributed by atoms with Crippen LogP contribution in [-0.2, 0) is 4.79 Å². The molecule has 1 aromatic rings. The second kappa shape index (κ2) is 6.45. The van der Waals surface area contributed by atoms with Gasteiger partial charge in [0.25, 0.3) is 0 Å². The highest BCUT2D eigenvalue weighted by molar-refractivity contribution is 7.11. The molecule has 16 heavy (non-hydrogen) atoms. The van der Waals surface area contributed by atoms with E-state index in [0.29, 0.717) is 0 Å². The van der Waals surface area contributed by atoms with Gasteiger partial charge in [-0.2, -0.15) is 0 Å². The second-order valence-corrected chi connectivity index (χ2v) is 4.36. The first kappa shape index (κ1) is 12.9. The Labute approximate surface area is 104 Å². The molecule has 0 aliphatic carbocycles. The van der Waals surface area contributed by atoms with Gasteiger partial charge in [-0.3, -0.25) is 4.79 Å². The molecular weight excluding hydrogens is 244 g/mol. The Morgan fingerprint density at radius 3 is 2.94 bits per heavy atom. The molecule has 0 saturated heterocycles. The molecule has 0 fully saturated rings. The molecule has 1 amide bonds. The molecular formula is C11H13ClN2OS. The van der Waals surface area contributed by atoms with Crippen LogP contribution in [-0.4, -0.2) is 11.2 Å². The van der Waals surface area contributed by atoms with Gasteiger partial charge in [0, 0.05) is 6.92 Å². The SMILES string of the molecule is CC/C=C(/N=C(Cl)NC(C)=O)c1cccs1. The first-order chi connectivity index (χ1) is 7.63. The molecule has 1 rings (SSSR count). The predicted molar refractivity (Wildman–Crippen MR) is 69.7 cm³/mol. The highest BCUT2D eigenvalue weighted by atomic mass is 35.5. The van der Waals surface area contributed by atoms with E-state index in [2.05, 4.69) is 10.3 Å². The third-order valence-electron chi connectivity index (χ3n) is 1.67. The van der Waals surface area contributed by atoms with E-state index >= 15 is 0 Å². The molecule has 1 aromatic heterocycles. The van der Waals surface area contributed by atoms with Crippen molar-refractivity contribution in [3.8, 4) is 0 Å². The van der Waals surface area contributed by atoms with Crippen molar-refractivity contribution in [2.45, 2.75) is 20.3 Å². The third kappa shape index (κ3) is 4.16. The van der Waals surface area contributed by atoms with Crippen molar-refractivity contribution in [2.75, 3.05) is 0 Å². The average Bonchev–Trinajstić information content (AvgIpc) is 2.68. The van der Waals surface area contributed by atoms with Crippen LogP contribution in [0.5, 0.6) is 0 Å². The number of hydrogen-bond donors (Lipinski definition) is 1. The molecule has 86 valence electrons. The molecule has 0 bridgehead atoms. The largest absolute Gasteiger partial charge is 0.301 e. The molecule has 0 radical (unpaired) electrons. The van der Waals surface area contributed by atoms with E-state index in [1.54, 1.807) is 11.3 Å². The van der Waals surface area contributed by atoms with Gasteiger partial charge in [0.05, 0.1) is 10.6 Å². The molecule has 0 aromatic carbocycles. The highest BCUT2D eigenvalue weighted by Gasteiger charge is 2.03. The Kier molecular flexibility index (Phi) is 5.22. The van der Waals surface area contributed by atoms with Crippen molar-refractivity contribution in [3.63, 3.8) is 0 Å². The quantitative estimate of drug-likeness (QED) is 0.504. The van der Waals surface area contributed by atoms with Crippen LogP contribution in [0.15, 0.2) is 28.6 Å².